The second kappa shape index (κ2) is 8.64. The van der Waals surface area contributed by atoms with E-state index in [0.29, 0.717) is 13.2 Å². The normalized spacial score (nSPS) is 15.7. The lowest BCUT2D eigenvalue weighted by molar-refractivity contribution is -0.137. The summed E-state index contributed by atoms with van der Waals surface area (Å²) in [6.07, 6.45) is 2.17. The molecule has 5 heteroatoms. The Morgan fingerprint density at radius 3 is 2.71 bits per heavy atom. The van der Waals surface area contributed by atoms with E-state index in [4.69, 9.17) is 9.47 Å². The van der Waals surface area contributed by atoms with Crippen molar-refractivity contribution in [1.29, 1.82) is 0 Å². The number of piperidine rings is 1. The average Bonchev–Trinajstić information content (AvgIpc) is 2.54. The van der Waals surface area contributed by atoms with Crippen LogP contribution in [0.3, 0.4) is 0 Å². The van der Waals surface area contributed by atoms with Crippen molar-refractivity contribution in [1.82, 2.24) is 10.2 Å². The van der Waals surface area contributed by atoms with Gasteiger partial charge >= 0.3 is 0 Å². The molecule has 0 spiro atoms. The van der Waals surface area contributed by atoms with Crippen LogP contribution in [0, 0.1) is 0 Å². The zero-order valence-corrected chi connectivity index (χ0v) is 12.6. The third-order valence-electron chi connectivity index (χ3n) is 3.59. The number of rotatable bonds is 7. The predicted molar refractivity (Wildman–Crippen MR) is 81.4 cm³/mol. The predicted octanol–water partition coefficient (Wildman–Crippen LogP) is 1.29. The molecule has 0 atom stereocenters. The quantitative estimate of drug-likeness (QED) is 0.823. The Kier molecular flexibility index (Phi) is 6.50. The van der Waals surface area contributed by atoms with Gasteiger partial charge in [-0.15, -0.1) is 0 Å². The molecule has 2 rings (SSSR count). The number of carbonyl (C=O) groups is 1. The minimum Gasteiger partial charge on any atom is -0.492 e. The van der Waals surface area contributed by atoms with E-state index in [-0.39, 0.29) is 18.6 Å². The number of amides is 1. The second-order valence-corrected chi connectivity index (χ2v) is 5.24. The highest BCUT2D eigenvalue weighted by molar-refractivity contribution is 5.77. The largest absolute Gasteiger partial charge is 0.492 e. The summed E-state index contributed by atoms with van der Waals surface area (Å²) in [6.45, 7) is 3.15. The third-order valence-corrected chi connectivity index (χ3v) is 3.59. The van der Waals surface area contributed by atoms with E-state index in [1.165, 1.54) is 0 Å². The van der Waals surface area contributed by atoms with Gasteiger partial charge in [0.05, 0.1) is 12.6 Å². The van der Waals surface area contributed by atoms with Crippen LogP contribution in [0.25, 0.3) is 0 Å². The number of carbonyl (C=O) groups excluding carboxylic acids is 1. The standard InChI is InChI=1S/C16H24N2O3/c1-18(11-12-20-14-5-3-2-4-6-14)16(19)13-21-15-7-9-17-10-8-15/h2-6,15,17H,7-13H2,1H3. The summed E-state index contributed by atoms with van der Waals surface area (Å²) in [4.78, 5) is 13.6. The Hall–Kier alpha value is -1.59. The van der Waals surface area contributed by atoms with Crippen LogP contribution in [0.4, 0.5) is 0 Å². The van der Waals surface area contributed by atoms with E-state index in [2.05, 4.69) is 5.32 Å². The third kappa shape index (κ3) is 5.73. The van der Waals surface area contributed by atoms with Gasteiger partial charge in [-0.05, 0) is 38.1 Å². The Balaban J connectivity index is 1.60. The van der Waals surface area contributed by atoms with Gasteiger partial charge in [0, 0.05) is 7.05 Å². The van der Waals surface area contributed by atoms with Crippen molar-refractivity contribution >= 4 is 5.91 Å². The summed E-state index contributed by atoms with van der Waals surface area (Å²) >= 11 is 0. The van der Waals surface area contributed by atoms with Gasteiger partial charge in [-0.1, -0.05) is 18.2 Å². The summed E-state index contributed by atoms with van der Waals surface area (Å²) in [7, 11) is 1.78. The fraction of sp³-hybridized carbons (Fsp3) is 0.562. The fourth-order valence-electron chi connectivity index (χ4n) is 2.20. The summed E-state index contributed by atoms with van der Waals surface area (Å²) in [5.74, 6) is 0.828. The van der Waals surface area contributed by atoms with Crippen LogP contribution in [0.5, 0.6) is 5.75 Å². The monoisotopic (exact) mass is 292 g/mol. The number of para-hydroxylation sites is 1. The lowest BCUT2D eigenvalue weighted by atomic mass is 10.1. The van der Waals surface area contributed by atoms with E-state index in [9.17, 15) is 4.79 Å². The first-order chi connectivity index (χ1) is 10.3. The highest BCUT2D eigenvalue weighted by Crippen LogP contribution is 2.08. The first-order valence-corrected chi connectivity index (χ1v) is 7.50. The lowest BCUT2D eigenvalue weighted by Crippen LogP contribution is -2.37. The molecule has 1 N–H and O–H groups in total. The minimum atomic E-state index is 0.00481. The molecule has 1 aromatic rings. The number of hydrogen-bond donors (Lipinski definition) is 1. The fourth-order valence-corrected chi connectivity index (χ4v) is 2.20. The molecule has 1 amide bonds. The van der Waals surface area contributed by atoms with Crippen LogP contribution in [0.1, 0.15) is 12.8 Å². The average molecular weight is 292 g/mol. The van der Waals surface area contributed by atoms with E-state index in [0.717, 1.165) is 31.7 Å². The van der Waals surface area contributed by atoms with E-state index >= 15 is 0 Å². The van der Waals surface area contributed by atoms with Gasteiger partial charge in [-0.3, -0.25) is 4.79 Å². The zero-order chi connectivity index (χ0) is 14.9. The lowest BCUT2D eigenvalue weighted by Gasteiger charge is -2.24. The van der Waals surface area contributed by atoms with Crippen LogP contribution in [0.2, 0.25) is 0 Å². The van der Waals surface area contributed by atoms with Crippen molar-refractivity contribution in [3.05, 3.63) is 30.3 Å². The van der Waals surface area contributed by atoms with E-state index < -0.39 is 0 Å². The molecule has 1 heterocycles. The molecule has 0 aliphatic carbocycles. The molecule has 0 bridgehead atoms. The summed E-state index contributed by atoms with van der Waals surface area (Å²) < 4.78 is 11.2. The summed E-state index contributed by atoms with van der Waals surface area (Å²) in [5, 5.41) is 3.28. The molecule has 1 aliphatic heterocycles. The van der Waals surface area contributed by atoms with Gasteiger partial charge in [0.15, 0.2) is 0 Å². The number of benzene rings is 1. The van der Waals surface area contributed by atoms with Gasteiger partial charge in [0.1, 0.15) is 19.0 Å². The molecule has 0 saturated carbocycles. The first kappa shape index (κ1) is 15.8. The van der Waals surface area contributed by atoms with Crippen LogP contribution >= 0.6 is 0 Å². The van der Waals surface area contributed by atoms with Gasteiger partial charge < -0.3 is 19.7 Å². The summed E-state index contributed by atoms with van der Waals surface area (Å²) in [6, 6.07) is 9.61. The molecule has 0 unspecified atom stereocenters. The van der Waals surface area contributed by atoms with Gasteiger partial charge in [0.25, 0.3) is 0 Å². The van der Waals surface area contributed by atoms with Crippen LogP contribution in [0.15, 0.2) is 30.3 Å². The highest BCUT2D eigenvalue weighted by atomic mass is 16.5. The summed E-state index contributed by atoms with van der Waals surface area (Å²) in [5.41, 5.74) is 0. The number of ether oxygens (including phenoxy) is 2. The Morgan fingerprint density at radius 2 is 2.00 bits per heavy atom. The van der Waals surface area contributed by atoms with Crippen LogP contribution in [-0.2, 0) is 9.53 Å². The van der Waals surface area contributed by atoms with Crippen molar-refractivity contribution in [2.45, 2.75) is 18.9 Å². The van der Waals surface area contributed by atoms with Crippen LogP contribution < -0.4 is 10.1 Å². The number of nitrogens with zero attached hydrogens (tertiary/aromatic N) is 1. The van der Waals surface area contributed by atoms with Crippen molar-refractivity contribution in [2.75, 3.05) is 39.9 Å². The van der Waals surface area contributed by atoms with E-state index in [1.807, 2.05) is 30.3 Å². The molecule has 116 valence electrons. The van der Waals surface area contributed by atoms with Crippen molar-refractivity contribution in [2.24, 2.45) is 0 Å². The van der Waals surface area contributed by atoms with Gasteiger partial charge in [0.2, 0.25) is 5.91 Å². The van der Waals surface area contributed by atoms with Gasteiger partial charge in [-0.2, -0.15) is 0 Å². The number of nitrogens with one attached hydrogen (secondary N) is 1. The molecule has 1 aromatic carbocycles. The van der Waals surface area contributed by atoms with Crippen molar-refractivity contribution in [3.8, 4) is 5.75 Å². The molecular formula is C16H24N2O3. The second-order valence-electron chi connectivity index (χ2n) is 5.24. The van der Waals surface area contributed by atoms with Crippen molar-refractivity contribution in [3.63, 3.8) is 0 Å². The maximum atomic E-state index is 12.0. The number of likely N-dealkylation sites (N-methyl/N-ethyl adjacent to an activating group) is 1. The maximum Gasteiger partial charge on any atom is 0.248 e. The smallest absolute Gasteiger partial charge is 0.248 e. The zero-order valence-electron chi connectivity index (χ0n) is 12.6. The maximum absolute atomic E-state index is 12.0. The SMILES string of the molecule is CN(CCOc1ccccc1)C(=O)COC1CCNCC1. The molecule has 1 saturated heterocycles. The van der Waals surface area contributed by atoms with Crippen molar-refractivity contribution < 1.29 is 14.3 Å². The topological polar surface area (TPSA) is 50.8 Å². The molecule has 21 heavy (non-hydrogen) atoms. The van der Waals surface area contributed by atoms with E-state index in [1.54, 1.807) is 11.9 Å². The Bertz CT molecular complexity index is 419. The molecule has 1 fully saturated rings. The molecule has 1 aliphatic rings. The van der Waals surface area contributed by atoms with Crippen LogP contribution in [-0.4, -0.2) is 56.8 Å². The Morgan fingerprint density at radius 1 is 1.29 bits per heavy atom. The molecule has 0 radical (unpaired) electrons. The first-order valence-electron chi connectivity index (χ1n) is 7.50. The van der Waals surface area contributed by atoms with Gasteiger partial charge in [-0.25, -0.2) is 0 Å². The number of hydrogen-bond acceptors (Lipinski definition) is 4. The molecule has 5 nitrogen and oxygen atoms in total. The highest BCUT2D eigenvalue weighted by Gasteiger charge is 2.16. The Labute approximate surface area is 126 Å². The minimum absolute atomic E-state index is 0.00481. The molecule has 0 aromatic heterocycles. The molecular weight excluding hydrogens is 268 g/mol.